The van der Waals surface area contributed by atoms with Crippen molar-refractivity contribution in [2.45, 2.75) is 32.2 Å². The van der Waals surface area contributed by atoms with Crippen LogP contribution in [0.5, 0.6) is 0 Å². The highest BCUT2D eigenvalue weighted by molar-refractivity contribution is 5.99. The number of esters is 1. The lowest BCUT2D eigenvalue weighted by Gasteiger charge is -2.11. The molecular weight excluding hydrogens is 288 g/mol. The van der Waals surface area contributed by atoms with E-state index in [4.69, 9.17) is 9.47 Å². The maximum atomic E-state index is 11.7. The fourth-order valence-electron chi connectivity index (χ4n) is 3.20. The summed E-state index contributed by atoms with van der Waals surface area (Å²) in [5, 5.41) is 4.80. The van der Waals surface area contributed by atoms with Crippen LogP contribution in [-0.2, 0) is 20.9 Å². The highest BCUT2D eigenvalue weighted by Crippen LogP contribution is 2.27. The molecule has 116 valence electrons. The van der Waals surface area contributed by atoms with Gasteiger partial charge in [0.1, 0.15) is 6.10 Å². The van der Waals surface area contributed by atoms with Crippen molar-refractivity contribution in [1.82, 2.24) is 0 Å². The van der Waals surface area contributed by atoms with Crippen molar-refractivity contribution < 1.29 is 14.3 Å². The maximum Gasteiger partial charge on any atom is 0.335 e. The summed E-state index contributed by atoms with van der Waals surface area (Å²) in [5.74, 6) is -0.247. The number of carbonyl (C=O) groups excluding carboxylic acids is 1. The quantitative estimate of drug-likeness (QED) is 0.537. The summed E-state index contributed by atoms with van der Waals surface area (Å²) in [5.41, 5.74) is 1.10. The summed E-state index contributed by atoms with van der Waals surface area (Å²) in [6.07, 6.45) is 0.136. The lowest BCUT2D eigenvalue weighted by Crippen LogP contribution is -2.18. The molecule has 1 saturated heterocycles. The highest BCUT2D eigenvalue weighted by atomic mass is 16.6. The van der Waals surface area contributed by atoms with Gasteiger partial charge in [0, 0.05) is 6.42 Å². The molecule has 0 saturated carbocycles. The molecule has 1 heterocycles. The smallest absolute Gasteiger partial charge is 0.335 e. The van der Waals surface area contributed by atoms with E-state index in [0.29, 0.717) is 13.0 Å². The molecule has 23 heavy (non-hydrogen) atoms. The fourth-order valence-corrected chi connectivity index (χ4v) is 3.20. The van der Waals surface area contributed by atoms with Gasteiger partial charge in [-0.1, -0.05) is 42.5 Å². The van der Waals surface area contributed by atoms with Crippen LogP contribution in [0.15, 0.2) is 54.6 Å². The van der Waals surface area contributed by atoms with Crippen LogP contribution in [0, 0.1) is 0 Å². The minimum Gasteiger partial charge on any atom is -0.461 e. The molecule has 0 spiro atoms. The van der Waals surface area contributed by atoms with E-state index in [1.807, 2.05) is 25.1 Å². The maximum absolute atomic E-state index is 11.7. The molecular formula is C20H18O3. The van der Waals surface area contributed by atoms with Gasteiger partial charge >= 0.3 is 5.97 Å². The second kappa shape index (κ2) is 5.67. The Kier molecular flexibility index (Phi) is 3.50. The first-order chi connectivity index (χ1) is 11.2. The average Bonchev–Trinajstić information content (AvgIpc) is 2.88. The molecule has 3 heteroatoms. The summed E-state index contributed by atoms with van der Waals surface area (Å²) < 4.78 is 11.0. The first-order valence-corrected chi connectivity index (χ1v) is 7.93. The number of ether oxygens (including phenoxy) is 2. The van der Waals surface area contributed by atoms with Crippen LogP contribution in [-0.4, -0.2) is 18.2 Å². The van der Waals surface area contributed by atoms with E-state index in [1.165, 1.54) is 21.5 Å². The largest absolute Gasteiger partial charge is 0.461 e. The monoisotopic (exact) mass is 306 g/mol. The molecule has 2 unspecified atom stereocenters. The van der Waals surface area contributed by atoms with E-state index in [0.717, 1.165) is 5.56 Å². The Hall–Kier alpha value is -2.39. The van der Waals surface area contributed by atoms with Gasteiger partial charge in [0.2, 0.25) is 0 Å². The van der Waals surface area contributed by atoms with Gasteiger partial charge in [-0.2, -0.15) is 0 Å². The molecule has 0 amide bonds. The first-order valence-electron chi connectivity index (χ1n) is 7.93. The molecule has 3 nitrogen and oxygen atoms in total. The predicted molar refractivity (Wildman–Crippen MR) is 90.2 cm³/mol. The summed E-state index contributed by atoms with van der Waals surface area (Å²) in [4.78, 5) is 11.7. The number of cyclic esters (lactones) is 1. The van der Waals surface area contributed by atoms with Gasteiger partial charge in [0.05, 0.1) is 6.61 Å². The van der Waals surface area contributed by atoms with Crippen molar-refractivity contribution in [1.29, 1.82) is 0 Å². The van der Waals surface area contributed by atoms with Crippen molar-refractivity contribution in [3.8, 4) is 0 Å². The minimum absolute atomic E-state index is 0.0519. The number of fused-ring (bicyclic) bond motifs is 2. The van der Waals surface area contributed by atoms with Crippen molar-refractivity contribution in [2.75, 3.05) is 0 Å². The standard InChI is InChI=1S/C20H18O3/c1-13-9-19(20(21)23-13)22-12-17-8-4-7-16-10-14-5-2-3-6-15(14)11-18(16)17/h2-8,10-11,13,19H,9,12H2,1H3. The fraction of sp³-hybridized carbons (Fsp3) is 0.250. The summed E-state index contributed by atoms with van der Waals surface area (Å²) in [6, 6.07) is 18.9. The highest BCUT2D eigenvalue weighted by Gasteiger charge is 2.32. The van der Waals surface area contributed by atoms with Gasteiger partial charge in [-0.3, -0.25) is 0 Å². The van der Waals surface area contributed by atoms with Crippen LogP contribution >= 0.6 is 0 Å². The van der Waals surface area contributed by atoms with Crippen molar-refractivity contribution >= 4 is 27.5 Å². The van der Waals surface area contributed by atoms with Crippen molar-refractivity contribution in [3.05, 3.63) is 60.2 Å². The van der Waals surface area contributed by atoms with E-state index >= 15 is 0 Å². The second-order valence-corrected chi connectivity index (χ2v) is 6.12. The third-order valence-corrected chi connectivity index (χ3v) is 4.40. The Labute approximate surface area is 134 Å². The van der Waals surface area contributed by atoms with Gasteiger partial charge < -0.3 is 9.47 Å². The normalized spacial score (nSPS) is 21.0. The molecule has 0 aliphatic carbocycles. The Bertz CT molecular complexity index is 884. The Morgan fingerprint density at radius 3 is 2.52 bits per heavy atom. The second-order valence-electron chi connectivity index (χ2n) is 6.12. The number of hydrogen-bond donors (Lipinski definition) is 0. The van der Waals surface area contributed by atoms with E-state index < -0.39 is 6.10 Å². The van der Waals surface area contributed by atoms with Crippen LogP contribution in [0.3, 0.4) is 0 Å². The van der Waals surface area contributed by atoms with Crippen molar-refractivity contribution in [2.24, 2.45) is 0 Å². The number of hydrogen-bond acceptors (Lipinski definition) is 3. The summed E-state index contributed by atoms with van der Waals surface area (Å²) in [6.45, 7) is 2.31. The SMILES string of the molecule is CC1CC(OCc2cccc3cc4ccccc4cc23)C(=O)O1. The predicted octanol–water partition coefficient (Wildman–Crippen LogP) is 4.21. The molecule has 3 aromatic rings. The number of benzene rings is 3. The summed E-state index contributed by atoms with van der Waals surface area (Å²) in [7, 11) is 0. The average molecular weight is 306 g/mol. The number of carbonyl (C=O) groups is 1. The van der Waals surface area contributed by atoms with E-state index in [1.54, 1.807) is 0 Å². The van der Waals surface area contributed by atoms with Crippen molar-refractivity contribution in [3.63, 3.8) is 0 Å². The Balaban J connectivity index is 1.66. The van der Waals surface area contributed by atoms with Gasteiger partial charge in [0.25, 0.3) is 0 Å². The molecule has 1 aliphatic rings. The molecule has 4 rings (SSSR count). The van der Waals surface area contributed by atoms with E-state index in [2.05, 4.69) is 36.4 Å². The zero-order valence-electron chi connectivity index (χ0n) is 13.0. The summed E-state index contributed by atoms with van der Waals surface area (Å²) >= 11 is 0. The van der Waals surface area contributed by atoms with Gasteiger partial charge in [-0.25, -0.2) is 4.79 Å². The van der Waals surface area contributed by atoms with Gasteiger partial charge in [-0.05, 0) is 46.2 Å². The van der Waals surface area contributed by atoms with E-state index in [9.17, 15) is 4.79 Å². The van der Waals surface area contributed by atoms with E-state index in [-0.39, 0.29) is 12.1 Å². The number of rotatable bonds is 3. The third kappa shape index (κ3) is 2.68. The molecule has 1 fully saturated rings. The molecule has 0 bridgehead atoms. The zero-order chi connectivity index (χ0) is 15.8. The molecule has 3 aromatic carbocycles. The van der Waals surface area contributed by atoms with Crippen LogP contribution in [0.4, 0.5) is 0 Å². The molecule has 1 aliphatic heterocycles. The topological polar surface area (TPSA) is 35.5 Å². The van der Waals surface area contributed by atoms with Gasteiger partial charge in [-0.15, -0.1) is 0 Å². The van der Waals surface area contributed by atoms with Gasteiger partial charge in [0.15, 0.2) is 6.10 Å². The molecule has 2 atom stereocenters. The third-order valence-electron chi connectivity index (χ3n) is 4.40. The lowest BCUT2D eigenvalue weighted by molar-refractivity contribution is -0.149. The lowest BCUT2D eigenvalue weighted by atomic mass is 10.00. The van der Waals surface area contributed by atoms with Crippen LogP contribution < -0.4 is 0 Å². The Morgan fingerprint density at radius 2 is 1.78 bits per heavy atom. The first kappa shape index (κ1) is 14.2. The zero-order valence-corrected chi connectivity index (χ0v) is 13.0. The minimum atomic E-state index is -0.444. The molecule has 0 radical (unpaired) electrons. The van der Waals surface area contributed by atoms with Crippen LogP contribution in [0.25, 0.3) is 21.5 Å². The molecule has 0 N–H and O–H groups in total. The molecule has 0 aromatic heterocycles. The van der Waals surface area contributed by atoms with Crippen LogP contribution in [0.1, 0.15) is 18.9 Å². The van der Waals surface area contributed by atoms with Crippen LogP contribution in [0.2, 0.25) is 0 Å². The Morgan fingerprint density at radius 1 is 1.04 bits per heavy atom.